The Morgan fingerprint density at radius 1 is 1.06 bits per heavy atom. The average molecular weight is 441 g/mol. The van der Waals surface area contributed by atoms with E-state index >= 15 is 4.39 Å². The summed E-state index contributed by atoms with van der Waals surface area (Å²) in [5.41, 5.74) is 3.83. The summed E-state index contributed by atoms with van der Waals surface area (Å²) in [7, 11) is 0. The van der Waals surface area contributed by atoms with Crippen LogP contribution >= 0.6 is 0 Å². The van der Waals surface area contributed by atoms with E-state index in [1.165, 1.54) is 0 Å². The molecule has 0 amide bonds. The summed E-state index contributed by atoms with van der Waals surface area (Å²) in [4.78, 5) is 13.8. The number of fused-ring (bicyclic) bond motifs is 2. The first kappa shape index (κ1) is 20.1. The van der Waals surface area contributed by atoms with E-state index in [1.54, 1.807) is 24.7 Å². The molecule has 1 aromatic heterocycles. The molecule has 1 saturated carbocycles. The number of amidine groups is 1. The van der Waals surface area contributed by atoms with Gasteiger partial charge in [0.05, 0.1) is 23.7 Å². The van der Waals surface area contributed by atoms with E-state index in [0.29, 0.717) is 22.5 Å². The zero-order valence-corrected chi connectivity index (χ0v) is 17.9. The zero-order valence-electron chi connectivity index (χ0n) is 17.9. The van der Waals surface area contributed by atoms with Gasteiger partial charge in [-0.15, -0.1) is 4.59 Å². The summed E-state index contributed by atoms with van der Waals surface area (Å²) in [6.45, 7) is 0.168. The highest BCUT2D eigenvalue weighted by Crippen LogP contribution is 2.45. The SMILES string of the molecule is N[N+]12C=CN=CC1=C(C1CC(CO)C1)N=C2c1ccc2ccc(-c3ccccc3)nc2c1F. The lowest BCUT2D eigenvalue weighted by Crippen LogP contribution is -2.53. The van der Waals surface area contributed by atoms with Crippen LogP contribution in [0, 0.1) is 17.7 Å². The van der Waals surface area contributed by atoms with E-state index in [1.807, 2.05) is 48.5 Å². The number of nitrogens with zero attached hydrogens (tertiary/aromatic N) is 4. The molecule has 7 heteroatoms. The summed E-state index contributed by atoms with van der Waals surface area (Å²) in [5.74, 6) is 7.22. The number of aliphatic hydroxyl groups is 1. The molecule has 6 nitrogen and oxygen atoms in total. The number of rotatable bonds is 4. The summed E-state index contributed by atoms with van der Waals surface area (Å²) in [5, 5.41) is 10.1. The van der Waals surface area contributed by atoms with Crippen LogP contribution in [0.15, 0.2) is 88.4 Å². The fourth-order valence-electron chi connectivity index (χ4n) is 4.89. The maximum atomic E-state index is 16.0. The normalized spacial score (nSPS) is 25.8. The van der Waals surface area contributed by atoms with Gasteiger partial charge in [0.25, 0.3) is 5.84 Å². The van der Waals surface area contributed by atoms with Crippen molar-refractivity contribution >= 4 is 23.0 Å². The molecule has 164 valence electrons. The second kappa shape index (κ2) is 7.52. The highest BCUT2D eigenvalue weighted by molar-refractivity contribution is 6.03. The topological polar surface area (TPSA) is 83.9 Å². The highest BCUT2D eigenvalue weighted by atomic mass is 19.1. The lowest BCUT2D eigenvalue weighted by molar-refractivity contribution is -0.750. The molecule has 0 saturated heterocycles. The Morgan fingerprint density at radius 2 is 1.85 bits per heavy atom. The fourth-order valence-corrected chi connectivity index (χ4v) is 4.89. The zero-order chi connectivity index (χ0) is 22.6. The maximum Gasteiger partial charge on any atom is 0.267 e. The summed E-state index contributed by atoms with van der Waals surface area (Å²) in [6, 6.07) is 17.1. The van der Waals surface area contributed by atoms with E-state index in [4.69, 9.17) is 10.8 Å². The number of pyridine rings is 1. The first-order chi connectivity index (χ1) is 16.1. The van der Waals surface area contributed by atoms with Crippen LogP contribution in [0.25, 0.3) is 22.2 Å². The van der Waals surface area contributed by atoms with Crippen molar-refractivity contribution in [2.45, 2.75) is 12.8 Å². The number of hydrogen-bond donors (Lipinski definition) is 2. The van der Waals surface area contributed by atoms with Gasteiger partial charge in [0.1, 0.15) is 17.4 Å². The van der Waals surface area contributed by atoms with Gasteiger partial charge >= 0.3 is 0 Å². The Kier molecular flexibility index (Phi) is 4.58. The van der Waals surface area contributed by atoms with E-state index in [-0.39, 0.29) is 28.6 Å². The lowest BCUT2D eigenvalue weighted by Gasteiger charge is -2.33. The van der Waals surface area contributed by atoms with Gasteiger partial charge in [-0.3, -0.25) is 4.99 Å². The van der Waals surface area contributed by atoms with Crippen LogP contribution in [-0.4, -0.2) is 33.3 Å². The maximum absolute atomic E-state index is 16.0. The Bertz CT molecular complexity index is 1390. The van der Waals surface area contributed by atoms with Crippen molar-refractivity contribution in [3.8, 4) is 11.3 Å². The van der Waals surface area contributed by atoms with E-state index in [9.17, 15) is 5.11 Å². The van der Waals surface area contributed by atoms with Gasteiger partial charge in [-0.05, 0) is 30.9 Å². The third-order valence-corrected chi connectivity index (χ3v) is 6.81. The minimum atomic E-state index is -0.440. The molecule has 1 atom stereocenters. The number of aliphatic hydroxyl groups excluding tert-OH is 1. The largest absolute Gasteiger partial charge is 0.396 e. The molecule has 1 unspecified atom stereocenters. The van der Waals surface area contributed by atoms with Gasteiger partial charge in [-0.1, -0.05) is 42.5 Å². The Morgan fingerprint density at radius 3 is 2.64 bits per heavy atom. The molecular weight excluding hydrogens is 417 g/mol. The molecule has 6 rings (SSSR count). The molecule has 0 spiro atoms. The number of nitrogens with two attached hydrogens (primary N) is 1. The molecule has 1 aliphatic carbocycles. The highest BCUT2D eigenvalue weighted by Gasteiger charge is 2.48. The summed E-state index contributed by atoms with van der Waals surface area (Å²) < 4.78 is 15.7. The summed E-state index contributed by atoms with van der Waals surface area (Å²) in [6.07, 6.45) is 6.73. The molecule has 3 aromatic rings. The van der Waals surface area contributed by atoms with Crippen LogP contribution in [0.3, 0.4) is 0 Å². The second-order valence-electron chi connectivity index (χ2n) is 8.84. The van der Waals surface area contributed by atoms with Crippen LogP contribution in [0.1, 0.15) is 18.4 Å². The van der Waals surface area contributed by atoms with Crippen LogP contribution in [0.2, 0.25) is 0 Å². The quantitative estimate of drug-likeness (QED) is 0.469. The van der Waals surface area contributed by atoms with Gasteiger partial charge in [0.2, 0.25) is 5.70 Å². The molecule has 3 N–H and O–H groups in total. The van der Waals surface area contributed by atoms with Gasteiger partial charge < -0.3 is 5.11 Å². The van der Waals surface area contributed by atoms with Crippen LogP contribution in [0.5, 0.6) is 0 Å². The number of aliphatic imine (C=N–C) groups is 2. The van der Waals surface area contributed by atoms with Crippen LogP contribution in [0.4, 0.5) is 4.39 Å². The smallest absolute Gasteiger partial charge is 0.267 e. The molecule has 3 heterocycles. The number of halogens is 1. The van der Waals surface area contributed by atoms with Crippen molar-refractivity contribution < 1.29 is 14.1 Å². The van der Waals surface area contributed by atoms with Crippen molar-refractivity contribution in [2.24, 2.45) is 27.7 Å². The first-order valence-corrected chi connectivity index (χ1v) is 11.1. The second-order valence-corrected chi connectivity index (χ2v) is 8.84. The minimum Gasteiger partial charge on any atom is -0.396 e. The van der Waals surface area contributed by atoms with Crippen molar-refractivity contribution in [3.63, 3.8) is 0 Å². The minimum absolute atomic E-state index is 0.168. The van der Waals surface area contributed by atoms with Crippen molar-refractivity contribution in [1.29, 1.82) is 0 Å². The number of allylic oxidation sites excluding steroid dienone is 2. The van der Waals surface area contributed by atoms with E-state index in [2.05, 4.69) is 9.98 Å². The predicted octanol–water partition coefficient (Wildman–Crippen LogP) is 4.28. The Labute approximate surface area is 190 Å². The van der Waals surface area contributed by atoms with Crippen molar-refractivity contribution in [3.05, 3.63) is 89.8 Å². The van der Waals surface area contributed by atoms with Gasteiger partial charge in [0.15, 0.2) is 5.82 Å². The van der Waals surface area contributed by atoms with Gasteiger partial charge in [0, 0.05) is 23.5 Å². The summed E-state index contributed by atoms with van der Waals surface area (Å²) >= 11 is 0. The van der Waals surface area contributed by atoms with E-state index in [0.717, 1.165) is 29.8 Å². The molecule has 0 radical (unpaired) electrons. The van der Waals surface area contributed by atoms with Gasteiger partial charge in [-0.2, -0.15) is 10.8 Å². The van der Waals surface area contributed by atoms with Crippen LogP contribution in [-0.2, 0) is 0 Å². The molecular formula is C26H23FN5O+. The number of benzene rings is 2. The molecule has 2 aromatic carbocycles. The standard InChI is InChI=1S/C26H23FN5O/c27-23-20(8-6-18-7-9-21(30-25(18)23)17-4-2-1-3-5-17)26-31-24(19-12-16(13-19)15-33)22-14-29-10-11-32(22,26)28/h1-11,14,16,19,33H,12-13,15,28H2/q+1. The van der Waals surface area contributed by atoms with Crippen molar-refractivity contribution in [2.75, 3.05) is 6.61 Å². The molecule has 0 bridgehead atoms. The third kappa shape index (κ3) is 3.08. The van der Waals surface area contributed by atoms with Crippen molar-refractivity contribution in [1.82, 2.24) is 4.98 Å². The Hall–Kier alpha value is -3.52. The first-order valence-electron chi connectivity index (χ1n) is 11.1. The molecule has 1 fully saturated rings. The molecule has 2 aliphatic heterocycles. The number of quaternary nitrogens is 1. The fraction of sp³-hybridized carbons (Fsp3) is 0.192. The monoisotopic (exact) mass is 440 g/mol. The van der Waals surface area contributed by atoms with Gasteiger partial charge in [-0.25, -0.2) is 9.37 Å². The number of hydrogen-bond acceptors (Lipinski definition) is 5. The lowest BCUT2D eigenvalue weighted by atomic mass is 9.73. The van der Waals surface area contributed by atoms with E-state index < -0.39 is 5.82 Å². The Balaban J connectivity index is 1.47. The third-order valence-electron chi connectivity index (χ3n) is 6.81. The molecule has 33 heavy (non-hydrogen) atoms. The number of aromatic nitrogens is 1. The predicted molar refractivity (Wildman–Crippen MR) is 126 cm³/mol. The molecule has 3 aliphatic rings. The van der Waals surface area contributed by atoms with Crippen LogP contribution < -0.4 is 5.84 Å². The average Bonchev–Trinajstić information content (AvgIpc) is 3.12.